The fourth-order valence-electron chi connectivity index (χ4n) is 2.01. The monoisotopic (exact) mass is 330 g/mol. The second-order valence-electron chi connectivity index (χ2n) is 6.34. The summed E-state index contributed by atoms with van der Waals surface area (Å²) in [5.74, 6) is 0.206. The highest BCUT2D eigenvalue weighted by molar-refractivity contribution is 7.85. The first-order chi connectivity index (χ1) is 10.8. The summed E-state index contributed by atoms with van der Waals surface area (Å²) in [6.45, 7) is 5.85. The maximum absolute atomic E-state index is 12.3. The highest BCUT2D eigenvalue weighted by Gasteiger charge is 2.19. The van der Waals surface area contributed by atoms with Crippen molar-refractivity contribution in [1.29, 1.82) is 0 Å². The van der Waals surface area contributed by atoms with Crippen molar-refractivity contribution in [2.45, 2.75) is 31.3 Å². The Morgan fingerprint density at radius 1 is 1.13 bits per heavy atom. The van der Waals surface area contributed by atoms with Crippen molar-refractivity contribution in [3.8, 4) is 0 Å². The van der Waals surface area contributed by atoms with E-state index in [-0.39, 0.29) is 10.7 Å². The lowest BCUT2D eigenvalue weighted by Gasteiger charge is -2.18. The predicted molar refractivity (Wildman–Crippen MR) is 96.8 cm³/mol. The molecule has 23 heavy (non-hydrogen) atoms. The van der Waals surface area contributed by atoms with Gasteiger partial charge in [-0.2, -0.15) is 0 Å². The molecule has 2 aromatic rings. The van der Waals surface area contributed by atoms with Crippen molar-refractivity contribution in [2.24, 2.45) is 0 Å². The molecule has 1 atom stereocenters. The Hall–Kier alpha value is -2.14. The van der Waals surface area contributed by atoms with Crippen molar-refractivity contribution < 1.29 is 9.00 Å². The molecule has 122 valence electrons. The first kappa shape index (κ1) is 17.2. The molecule has 1 amide bonds. The summed E-state index contributed by atoms with van der Waals surface area (Å²) < 4.78 is 12.0. The molecule has 5 heteroatoms. The summed E-state index contributed by atoms with van der Waals surface area (Å²) >= 11 is 0. The summed E-state index contributed by atoms with van der Waals surface area (Å²) in [7, 11) is -0.982. The predicted octanol–water partition coefficient (Wildman–Crippen LogP) is 3.57. The van der Waals surface area contributed by atoms with Crippen LogP contribution in [0.5, 0.6) is 0 Å². The van der Waals surface area contributed by atoms with Crippen LogP contribution in [0.15, 0.2) is 48.5 Å². The van der Waals surface area contributed by atoms with E-state index in [4.69, 9.17) is 5.73 Å². The van der Waals surface area contributed by atoms with E-state index >= 15 is 0 Å². The molecule has 0 saturated carbocycles. The van der Waals surface area contributed by atoms with E-state index in [2.05, 4.69) is 5.32 Å². The summed E-state index contributed by atoms with van der Waals surface area (Å²) in [5, 5.41) is 2.83. The van der Waals surface area contributed by atoms with Crippen LogP contribution in [0.25, 0.3) is 0 Å². The van der Waals surface area contributed by atoms with Crippen molar-refractivity contribution in [1.82, 2.24) is 0 Å². The van der Waals surface area contributed by atoms with Gasteiger partial charge in [-0.05, 0) is 50.6 Å². The van der Waals surface area contributed by atoms with E-state index < -0.39 is 10.8 Å². The first-order valence-corrected chi connectivity index (χ1v) is 8.72. The van der Waals surface area contributed by atoms with Crippen LogP contribution in [0.4, 0.5) is 11.4 Å². The molecule has 0 spiro atoms. The second-order valence-corrected chi connectivity index (χ2v) is 8.55. The van der Waals surface area contributed by atoms with E-state index in [1.165, 1.54) is 0 Å². The number of hydrogen-bond acceptors (Lipinski definition) is 3. The van der Waals surface area contributed by atoms with Gasteiger partial charge < -0.3 is 11.1 Å². The van der Waals surface area contributed by atoms with Crippen LogP contribution < -0.4 is 11.1 Å². The Balaban J connectivity index is 2.13. The third-order valence-electron chi connectivity index (χ3n) is 3.37. The van der Waals surface area contributed by atoms with Crippen LogP contribution in [-0.4, -0.2) is 14.9 Å². The van der Waals surface area contributed by atoms with Crippen molar-refractivity contribution in [3.05, 3.63) is 59.7 Å². The van der Waals surface area contributed by atoms with Gasteiger partial charge in [-0.15, -0.1) is 0 Å². The van der Waals surface area contributed by atoms with E-state index in [9.17, 15) is 9.00 Å². The Bertz CT molecular complexity index is 736. The lowest BCUT2D eigenvalue weighted by molar-refractivity contribution is 0.102. The molecule has 2 aromatic carbocycles. The fourth-order valence-corrected chi connectivity index (χ4v) is 2.92. The maximum Gasteiger partial charge on any atom is 0.257 e. The summed E-state index contributed by atoms with van der Waals surface area (Å²) in [5.41, 5.74) is 8.29. The van der Waals surface area contributed by atoms with Gasteiger partial charge in [-0.25, -0.2) is 0 Å². The summed E-state index contributed by atoms with van der Waals surface area (Å²) in [6.07, 6.45) is 0. The van der Waals surface area contributed by atoms with Crippen molar-refractivity contribution >= 4 is 28.1 Å². The molecule has 0 bridgehead atoms. The third kappa shape index (κ3) is 4.66. The van der Waals surface area contributed by atoms with Crippen molar-refractivity contribution in [2.75, 3.05) is 11.1 Å². The highest BCUT2D eigenvalue weighted by Crippen LogP contribution is 2.20. The molecule has 4 nitrogen and oxygen atoms in total. The average molecular weight is 330 g/mol. The van der Waals surface area contributed by atoms with Crippen LogP contribution in [0.3, 0.4) is 0 Å². The zero-order valence-corrected chi connectivity index (χ0v) is 14.4. The molecule has 0 aliphatic carbocycles. The van der Waals surface area contributed by atoms with E-state index in [0.717, 1.165) is 5.56 Å². The Morgan fingerprint density at radius 2 is 1.83 bits per heavy atom. The van der Waals surface area contributed by atoms with Gasteiger partial charge in [0.1, 0.15) is 0 Å². The minimum Gasteiger partial charge on any atom is -0.398 e. The number of carbonyl (C=O) groups is 1. The lowest BCUT2D eigenvalue weighted by atomic mass is 10.1. The Kier molecular flexibility index (Phi) is 5.21. The van der Waals surface area contributed by atoms with Gasteiger partial charge in [0.05, 0.1) is 5.56 Å². The number of rotatable bonds is 4. The van der Waals surface area contributed by atoms with Gasteiger partial charge in [-0.3, -0.25) is 9.00 Å². The van der Waals surface area contributed by atoms with E-state index in [1.54, 1.807) is 30.3 Å². The fraction of sp³-hybridized carbons (Fsp3) is 0.278. The number of hydrogen-bond donors (Lipinski definition) is 2. The quantitative estimate of drug-likeness (QED) is 0.842. The van der Waals surface area contributed by atoms with Gasteiger partial charge in [0.2, 0.25) is 0 Å². The first-order valence-electron chi connectivity index (χ1n) is 7.40. The molecule has 2 rings (SSSR count). The molecule has 0 saturated heterocycles. The van der Waals surface area contributed by atoms with Crippen LogP contribution in [-0.2, 0) is 16.6 Å². The molecular weight excluding hydrogens is 308 g/mol. The molecule has 1 unspecified atom stereocenters. The molecule has 0 heterocycles. The topological polar surface area (TPSA) is 72.2 Å². The zero-order valence-electron chi connectivity index (χ0n) is 13.6. The maximum atomic E-state index is 12.3. The molecule has 0 aromatic heterocycles. The molecule has 3 N–H and O–H groups in total. The van der Waals surface area contributed by atoms with Crippen LogP contribution >= 0.6 is 0 Å². The van der Waals surface area contributed by atoms with Crippen LogP contribution in [0.1, 0.15) is 36.7 Å². The molecule has 0 aliphatic heterocycles. The second kappa shape index (κ2) is 6.96. The third-order valence-corrected chi connectivity index (χ3v) is 5.33. The number of nitrogen functional groups attached to an aromatic ring is 1. The minimum absolute atomic E-state index is 0.253. The Morgan fingerprint density at radius 3 is 2.48 bits per heavy atom. The molecular formula is C18H22N2O2S. The number of para-hydroxylation sites is 1. The average Bonchev–Trinajstić information content (AvgIpc) is 2.47. The largest absolute Gasteiger partial charge is 0.398 e. The number of amides is 1. The van der Waals surface area contributed by atoms with Gasteiger partial charge in [0.15, 0.2) is 0 Å². The van der Waals surface area contributed by atoms with Gasteiger partial charge in [0.25, 0.3) is 5.91 Å². The number of nitrogens with one attached hydrogen (secondary N) is 1. The summed E-state index contributed by atoms with van der Waals surface area (Å²) in [6, 6.07) is 14.3. The minimum atomic E-state index is -0.982. The normalized spacial score (nSPS) is 12.7. The van der Waals surface area contributed by atoms with Gasteiger partial charge in [0, 0.05) is 32.7 Å². The van der Waals surface area contributed by atoms with Gasteiger partial charge >= 0.3 is 0 Å². The van der Waals surface area contributed by atoms with Crippen LogP contribution in [0.2, 0.25) is 0 Å². The number of benzene rings is 2. The Labute approximate surface area is 139 Å². The van der Waals surface area contributed by atoms with Crippen molar-refractivity contribution in [3.63, 3.8) is 0 Å². The molecule has 0 radical (unpaired) electrons. The highest BCUT2D eigenvalue weighted by atomic mass is 32.2. The summed E-state index contributed by atoms with van der Waals surface area (Å²) in [4.78, 5) is 12.3. The van der Waals surface area contributed by atoms with Crippen LogP contribution in [0, 0.1) is 0 Å². The zero-order chi connectivity index (χ0) is 17.0. The number of nitrogens with two attached hydrogens (primary N) is 1. The lowest BCUT2D eigenvalue weighted by Crippen LogP contribution is -2.23. The molecule has 0 fully saturated rings. The SMILES string of the molecule is CC(C)(C)S(=O)Cc1cccc(NC(=O)c2ccccc2N)c1. The van der Waals surface area contributed by atoms with E-state index in [0.29, 0.717) is 22.7 Å². The molecule has 0 aliphatic rings. The number of carbonyl (C=O) groups excluding carboxylic acids is 1. The van der Waals surface area contributed by atoms with Gasteiger partial charge in [-0.1, -0.05) is 24.3 Å². The standard InChI is InChI=1S/C18H22N2O2S/c1-18(2,3)23(22)12-13-7-6-8-14(11-13)20-17(21)15-9-4-5-10-16(15)19/h4-11H,12,19H2,1-3H3,(H,20,21). The van der Waals surface area contributed by atoms with E-state index in [1.807, 2.05) is 39.0 Å². The number of anilines is 2. The smallest absolute Gasteiger partial charge is 0.257 e.